The number of carbonyl (C=O) groups excluding carboxylic acids is 1. The van der Waals surface area contributed by atoms with Gasteiger partial charge in [-0.1, -0.05) is 31.2 Å². The first-order valence-electron chi connectivity index (χ1n) is 11.0. The summed E-state index contributed by atoms with van der Waals surface area (Å²) in [4.78, 5) is 12.2. The zero-order valence-corrected chi connectivity index (χ0v) is 19.2. The fraction of sp³-hybridized carbons (Fsp3) is 0.346. The highest BCUT2D eigenvalue weighted by atomic mass is 16.5. The quantitative estimate of drug-likeness (QED) is 0.441. The average Bonchev–Trinajstić information content (AvgIpc) is 3.09. The molecule has 2 heterocycles. The van der Waals surface area contributed by atoms with Crippen LogP contribution in [0.5, 0.6) is 11.5 Å². The first kappa shape index (κ1) is 21.8. The van der Waals surface area contributed by atoms with E-state index in [4.69, 9.17) is 14.2 Å². The van der Waals surface area contributed by atoms with E-state index < -0.39 is 6.09 Å². The maximum Gasteiger partial charge on any atom is 0.407 e. The molecule has 32 heavy (non-hydrogen) atoms. The van der Waals surface area contributed by atoms with Crippen LogP contribution in [0.15, 0.2) is 42.5 Å². The fourth-order valence-corrected chi connectivity index (χ4v) is 4.40. The van der Waals surface area contributed by atoms with Gasteiger partial charge in [-0.25, -0.2) is 4.79 Å². The predicted octanol–water partition coefficient (Wildman–Crippen LogP) is 5.07. The Balaban J connectivity index is 1.79. The van der Waals surface area contributed by atoms with Crippen LogP contribution < -0.4 is 14.8 Å². The molecule has 0 saturated carbocycles. The van der Waals surface area contributed by atoms with Crippen LogP contribution >= 0.6 is 0 Å². The molecule has 1 aliphatic heterocycles. The maximum atomic E-state index is 12.2. The third-order valence-corrected chi connectivity index (χ3v) is 6.10. The van der Waals surface area contributed by atoms with Gasteiger partial charge >= 0.3 is 6.09 Å². The fourth-order valence-electron chi connectivity index (χ4n) is 4.40. The number of aromatic nitrogens is 1. The number of rotatable bonds is 7. The van der Waals surface area contributed by atoms with Gasteiger partial charge in [0.1, 0.15) is 6.61 Å². The number of benzene rings is 2. The van der Waals surface area contributed by atoms with Gasteiger partial charge in [0.2, 0.25) is 0 Å². The Bertz CT molecular complexity index is 1130. The maximum absolute atomic E-state index is 12.2. The molecular weight excluding hydrogens is 404 g/mol. The number of hydrogen-bond donors (Lipinski definition) is 1. The van der Waals surface area contributed by atoms with Crippen LogP contribution in [0.3, 0.4) is 0 Å². The monoisotopic (exact) mass is 434 g/mol. The molecule has 0 saturated heterocycles. The molecular formula is C26H30N2O4. The number of alkyl carbamates (subject to hydrolysis) is 1. The van der Waals surface area contributed by atoms with E-state index in [0.717, 1.165) is 41.8 Å². The molecule has 4 rings (SSSR count). The zero-order chi connectivity index (χ0) is 22.7. The van der Waals surface area contributed by atoms with Crippen LogP contribution in [0.1, 0.15) is 41.3 Å². The molecule has 0 unspecified atom stereocenters. The Morgan fingerprint density at radius 3 is 2.53 bits per heavy atom. The van der Waals surface area contributed by atoms with Gasteiger partial charge in [-0.3, -0.25) is 0 Å². The lowest BCUT2D eigenvalue weighted by Gasteiger charge is -2.22. The third kappa shape index (κ3) is 4.05. The molecule has 1 N–H and O–H groups in total. The minimum atomic E-state index is -0.392. The van der Waals surface area contributed by atoms with Gasteiger partial charge in [-0.15, -0.1) is 0 Å². The summed E-state index contributed by atoms with van der Waals surface area (Å²) in [5.41, 5.74) is 8.14. The average molecular weight is 435 g/mol. The van der Waals surface area contributed by atoms with Crippen molar-refractivity contribution in [2.24, 2.45) is 0 Å². The second-order valence-electron chi connectivity index (χ2n) is 8.00. The molecule has 0 aliphatic carbocycles. The number of carbonyl (C=O) groups is 1. The third-order valence-electron chi connectivity index (χ3n) is 6.10. The molecule has 1 amide bonds. The normalized spacial score (nSPS) is 12.0. The van der Waals surface area contributed by atoms with Gasteiger partial charge in [-0.2, -0.15) is 0 Å². The van der Waals surface area contributed by atoms with Crippen molar-refractivity contribution in [1.82, 2.24) is 9.88 Å². The van der Waals surface area contributed by atoms with E-state index in [2.05, 4.69) is 41.1 Å². The Kier molecular flexibility index (Phi) is 6.40. The van der Waals surface area contributed by atoms with Crippen molar-refractivity contribution in [3.63, 3.8) is 0 Å². The van der Waals surface area contributed by atoms with E-state index in [1.165, 1.54) is 16.8 Å². The van der Waals surface area contributed by atoms with Crippen molar-refractivity contribution in [1.29, 1.82) is 0 Å². The molecule has 0 fully saturated rings. The zero-order valence-electron chi connectivity index (χ0n) is 19.2. The summed E-state index contributed by atoms with van der Waals surface area (Å²) >= 11 is 0. The van der Waals surface area contributed by atoms with E-state index in [-0.39, 0.29) is 6.61 Å². The molecule has 2 aromatic carbocycles. The number of nitrogens with zero attached hydrogens (tertiary/aromatic N) is 1. The summed E-state index contributed by atoms with van der Waals surface area (Å²) in [7, 11) is 3.27. The summed E-state index contributed by atoms with van der Waals surface area (Å²) in [6.45, 7) is 5.72. The number of fused-ring (bicyclic) bond motifs is 2. The Labute approximate surface area is 189 Å². The number of hydrogen-bond acceptors (Lipinski definition) is 4. The molecule has 1 aliphatic rings. The number of ether oxygens (including phenoxy) is 3. The van der Waals surface area contributed by atoms with Crippen molar-refractivity contribution in [3.05, 3.63) is 70.4 Å². The number of methoxy groups -OCH3 is 2. The van der Waals surface area contributed by atoms with Crippen LogP contribution in [0.2, 0.25) is 0 Å². The van der Waals surface area contributed by atoms with Gasteiger partial charge in [0.25, 0.3) is 0 Å². The number of nitrogens with one attached hydrogen (secondary N) is 1. The van der Waals surface area contributed by atoms with Gasteiger partial charge in [0, 0.05) is 36.3 Å². The SMILES string of the molecule is CCCNC(=O)OCc1c(C)c2n(c1-c1ccc(OC)c(OC)c1)Cc1ccccc1C2. The predicted molar refractivity (Wildman–Crippen MR) is 125 cm³/mol. The lowest BCUT2D eigenvalue weighted by molar-refractivity contribution is 0.139. The molecule has 0 radical (unpaired) electrons. The van der Waals surface area contributed by atoms with Crippen molar-refractivity contribution in [2.75, 3.05) is 20.8 Å². The van der Waals surface area contributed by atoms with Gasteiger partial charge in [0.05, 0.1) is 19.9 Å². The highest BCUT2D eigenvalue weighted by molar-refractivity contribution is 5.72. The van der Waals surface area contributed by atoms with E-state index in [9.17, 15) is 4.79 Å². The standard InChI is InChI=1S/C26H30N2O4/c1-5-12-27-26(29)32-16-21-17(2)22-13-18-8-6-7-9-20(18)15-28(22)25(21)19-10-11-23(30-3)24(14-19)31-4/h6-11,14H,5,12-13,15-16H2,1-4H3,(H,27,29). The van der Waals surface area contributed by atoms with Crippen LogP contribution in [-0.2, 0) is 24.3 Å². The largest absolute Gasteiger partial charge is 0.493 e. The van der Waals surface area contributed by atoms with Crippen LogP contribution in [0.25, 0.3) is 11.3 Å². The van der Waals surface area contributed by atoms with E-state index in [1.54, 1.807) is 14.2 Å². The highest BCUT2D eigenvalue weighted by Gasteiger charge is 2.26. The summed E-state index contributed by atoms with van der Waals surface area (Å²) in [6.07, 6.45) is 1.32. The summed E-state index contributed by atoms with van der Waals surface area (Å²) in [5, 5.41) is 2.79. The van der Waals surface area contributed by atoms with Gasteiger partial charge in [-0.05, 0) is 48.2 Å². The molecule has 0 atom stereocenters. The van der Waals surface area contributed by atoms with Crippen molar-refractivity contribution in [2.45, 2.75) is 39.8 Å². The molecule has 6 heteroatoms. The molecule has 1 aromatic heterocycles. The van der Waals surface area contributed by atoms with Crippen molar-refractivity contribution in [3.8, 4) is 22.8 Å². The minimum Gasteiger partial charge on any atom is -0.493 e. The lowest BCUT2D eigenvalue weighted by atomic mass is 9.97. The van der Waals surface area contributed by atoms with Gasteiger partial charge in [0.15, 0.2) is 11.5 Å². The molecule has 3 aromatic rings. The topological polar surface area (TPSA) is 61.7 Å². The van der Waals surface area contributed by atoms with E-state index in [0.29, 0.717) is 18.0 Å². The molecule has 168 valence electrons. The summed E-state index contributed by atoms with van der Waals surface area (Å²) < 4.78 is 18.9. The van der Waals surface area contributed by atoms with Crippen LogP contribution in [-0.4, -0.2) is 31.4 Å². The smallest absolute Gasteiger partial charge is 0.407 e. The first-order valence-corrected chi connectivity index (χ1v) is 11.0. The molecule has 6 nitrogen and oxygen atoms in total. The van der Waals surface area contributed by atoms with Crippen molar-refractivity contribution < 1.29 is 19.0 Å². The van der Waals surface area contributed by atoms with E-state index >= 15 is 0 Å². The first-order chi connectivity index (χ1) is 15.6. The minimum absolute atomic E-state index is 0.210. The summed E-state index contributed by atoms with van der Waals surface area (Å²) in [5.74, 6) is 1.35. The Hall–Kier alpha value is -3.41. The van der Waals surface area contributed by atoms with Crippen molar-refractivity contribution >= 4 is 6.09 Å². The highest BCUT2D eigenvalue weighted by Crippen LogP contribution is 2.40. The van der Waals surface area contributed by atoms with E-state index in [1.807, 2.05) is 25.1 Å². The lowest BCUT2D eigenvalue weighted by Crippen LogP contribution is -2.24. The molecule has 0 bridgehead atoms. The summed E-state index contributed by atoms with van der Waals surface area (Å²) in [6, 6.07) is 14.5. The van der Waals surface area contributed by atoms with Crippen LogP contribution in [0.4, 0.5) is 4.79 Å². The number of amides is 1. The second-order valence-corrected chi connectivity index (χ2v) is 8.00. The van der Waals surface area contributed by atoms with Crippen LogP contribution in [0, 0.1) is 6.92 Å². The second kappa shape index (κ2) is 9.39. The Morgan fingerprint density at radius 2 is 1.81 bits per heavy atom. The van der Waals surface area contributed by atoms with Gasteiger partial charge < -0.3 is 24.1 Å². The Morgan fingerprint density at radius 1 is 1.06 bits per heavy atom. The molecule has 0 spiro atoms.